The second-order valence-electron chi connectivity index (χ2n) is 6.90. The van der Waals surface area contributed by atoms with Crippen LogP contribution in [0.5, 0.6) is 0 Å². The lowest BCUT2D eigenvalue weighted by Gasteiger charge is -2.29. The van der Waals surface area contributed by atoms with Crippen LogP contribution in [-0.4, -0.2) is 34.5 Å². The smallest absolute Gasteiger partial charge is 0.305 e. The minimum Gasteiger partial charge on any atom is -0.481 e. The lowest BCUT2D eigenvalue weighted by atomic mass is 9.84. The molecule has 0 heterocycles. The molecule has 19 heavy (non-hydrogen) atoms. The lowest BCUT2D eigenvalue weighted by Crippen LogP contribution is -2.39. The molecule has 0 aliphatic heterocycles. The number of carboxylic acids is 1. The predicted octanol–water partition coefficient (Wildman–Crippen LogP) is 3.16. The molecule has 0 aliphatic rings. The summed E-state index contributed by atoms with van der Waals surface area (Å²) in [7, 11) is 0. The van der Waals surface area contributed by atoms with Gasteiger partial charge in [0.05, 0.1) is 6.42 Å². The molecule has 4 heteroatoms. The van der Waals surface area contributed by atoms with Crippen molar-refractivity contribution in [2.45, 2.75) is 66.8 Å². The van der Waals surface area contributed by atoms with Gasteiger partial charge in [-0.1, -0.05) is 27.7 Å². The first-order chi connectivity index (χ1) is 8.53. The van der Waals surface area contributed by atoms with E-state index in [1.165, 1.54) is 0 Å². The molecule has 1 N–H and O–H groups in total. The maximum absolute atomic E-state index is 12.2. The zero-order valence-electron chi connectivity index (χ0n) is 13.2. The summed E-state index contributed by atoms with van der Waals surface area (Å²) in [4.78, 5) is 24.5. The summed E-state index contributed by atoms with van der Waals surface area (Å²) in [6.07, 6.45) is 1.50. The quantitative estimate of drug-likeness (QED) is 0.773. The molecule has 1 atom stereocenters. The van der Waals surface area contributed by atoms with E-state index in [4.69, 9.17) is 5.11 Å². The third kappa shape index (κ3) is 8.62. The van der Waals surface area contributed by atoms with Gasteiger partial charge in [0.15, 0.2) is 0 Å². The number of aliphatic carboxylic acids is 1. The highest BCUT2D eigenvalue weighted by Gasteiger charge is 2.22. The van der Waals surface area contributed by atoms with E-state index in [2.05, 4.69) is 27.7 Å². The number of carboxylic acid groups (broad SMARTS) is 1. The Kier molecular flexibility index (Phi) is 7.09. The molecule has 0 aromatic carbocycles. The van der Waals surface area contributed by atoms with Crippen LogP contribution in [0.15, 0.2) is 0 Å². The molecule has 0 saturated carbocycles. The first kappa shape index (κ1) is 17.9. The fraction of sp³-hybridized carbons (Fsp3) is 0.867. The van der Waals surface area contributed by atoms with E-state index in [9.17, 15) is 9.59 Å². The molecular formula is C15H29NO3. The van der Waals surface area contributed by atoms with E-state index >= 15 is 0 Å². The minimum absolute atomic E-state index is 0.0115. The van der Waals surface area contributed by atoms with Crippen LogP contribution in [0.3, 0.4) is 0 Å². The molecule has 0 aliphatic carbocycles. The Bertz CT molecular complexity index is 305. The summed E-state index contributed by atoms with van der Waals surface area (Å²) in [5.74, 6) is -0.479. The average Bonchev–Trinajstić information content (AvgIpc) is 2.12. The van der Waals surface area contributed by atoms with E-state index < -0.39 is 5.97 Å². The first-order valence-electron chi connectivity index (χ1n) is 7.04. The Morgan fingerprint density at radius 1 is 1.16 bits per heavy atom. The van der Waals surface area contributed by atoms with Crippen molar-refractivity contribution in [2.75, 3.05) is 6.54 Å². The Morgan fingerprint density at radius 3 is 2.05 bits per heavy atom. The van der Waals surface area contributed by atoms with Crippen molar-refractivity contribution >= 4 is 11.9 Å². The van der Waals surface area contributed by atoms with Gasteiger partial charge < -0.3 is 10.0 Å². The highest BCUT2D eigenvalue weighted by molar-refractivity contribution is 5.77. The summed E-state index contributed by atoms with van der Waals surface area (Å²) in [5.41, 5.74) is 0.212. The van der Waals surface area contributed by atoms with Crippen molar-refractivity contribution < 1.29 is 14.7 Å². The molecule has 0 rings (SSSR count). The predicted molar refractivity (Wildman–Crippen MR) is 77.0 cm³/mol. The van der Waals surface area contributed by atoms with Gasteiger partial charge in [0, 0.05) is 19.0 Å². The number of hydrogen-bond donors (Lipinski definition) is 1. The molecule has 112 valence electrons. The van der Waals surface area contributed by atoms with E-state index in [1.807, 2.05) is 13.8 Å². The van der Waals surface area contributed by atoms with Gasteiger partial charge in [-0.15, -0.1) is 0 Å². The fourth-order valence-electron chi connectivity index (χ4n) is 2.42. The van der Waals surface area contributed by atoms with Crippen molar-refractivity contribution in [3.8, 4) is 0 Å². The van der Waals surface area contributed by atoms with E-state index in [1.54, 1.807) is 4.90 Å². The summed E-state index contributed by atoms with van der Waals surface area (Å²) in [6.45, 7) is 12.7. The van der Waals surface area contributed by atoms with Gasteiger partial charge in [0.25, 0.3) is 0 Å². The van der Waals surface area contributed by atoms with Crippen LogP contribution in [-0.2, 0) is 9.59 Å². The van der Waals surface area contributed by atoms with Crippen LogP contribution >= 0.6 is 0 Å². The molecule has 0 bridgehead atoms. The molecule has 0 radical (unpaired) electrons. The van der Waals surface area contributed by atoms with Crippen LogP contribution in [0.4, 0.5) is 0 Å². The van der Waals surface area contributed by atoms with Crippen LogP contribution < -0.4 is 0 Å². The molecule has 1 amide bonds. The van der Waals surface area contributed by atoms with Crippen molar-refractivity contribution in [1.29, 1.82) is 0 Å². The van der Waals surface area contributed by atoms with Crippen LogP contribution in [0.2, 0.25) is 0 Å². The van der Waals surface area contributed by atoms with Crippen molar-refractivity contribution in [3.63, 3.8) is 0 Å². The maximum Gasteiger partial charge on any atom is 0.305 e. The standard InChI is InChI=1S/C15H29NO3/c1-11(2)16(8-7-14(18)19)13(17)9-12(3)10-15(4,5)6/h11-12H,7-10H2,1-6H3,(H,18,19). The fourth-order valence-corrected chi connectivity index (χ4v) is 2.42. The first-order valence-corrected chi connectivity index (χ1v) is 7.04. The topological polar surface area (TPSA) is 57.6 Å². The van der Waals surface area contributed by atoms with Crippen LogP contribution in [0.25, 0.3) is 0 Å². The Hall–Kier alpha value is -1.06. The van der Waals surface area contributed by atoms with Gasteiger partial charge >= 0.3 is 5.97 Å². The van der Waals surface area contributed by atoms with Crippen LogP contribution in [0.1, 0.15) is 60.8 Å². The number of nitrogens with zero attached hydrogens (tertiary/aromatic N) is 1. The lowest BCUT2D eigenvalue weighted by molar-refractivity contribution is -0.139. The van der Waals surface area contributed by atoms with Gasteiger partial charge in [0.2, 0.25) is 5.91 Å². The monoisotopic (exact) mass is 271 g/mol. The molecule has 0 fully saturated rings. The van der Waals surface area contributed by atoms with Gasteiger partial charge in [-0.05, 0) is 31.6 Å². The van der Waals surface area contributed by atoms with E-state index in [0.717, 1.165) is 6.42 Å². The SMILES string of the molecule is CC(CC(=O)N(CCC(=O)O)C(C)C)CC(C)(C)C. The number of carbonyl (C=O) groups is 2. The van der Waals surface area contributed by atoms with Gasteiger partial charge in [0.1, 0.15) is 0 Å². The third-order valence-electron chi connectivity index (χ3n) is 2.99. The summed E-state index contributed by atoms with van der Waals surface area (Å²) in [5, 5.41) is 8.72. The second kappa shape index (κ2) is 7.51. The molecule has 0 aromatic heterocycles. The van der Waals surface area contributed by atoms with Gasteiger partial charge in [-0.3, -0.25) is 9.59 Å². The molecule has 0 spiro atoms. The minimum atomic E-state index is -0.860. The summed E-state index contributed by atoms with van der Waals surface area (Å²) < 4.78 is 0. The number of carbonyl (C=O) groups excluding carboxylic acids is 1. The average molecular weight is 271 g/mol. The number of hydrogen-bond acceptors (Lipinski definition) is 2. The summed E-state index contributed by atoms with van der Waals surface area (Å²) in [6, 6.07) is 0.0497. The second-order valence-corrected chi connectivity index (χ2v) is 6.90. The largest absolute Gasteiger partial charge is 0.481 e. The Labute approximate surface area is 117 Å². The van der Waals surface area contributed by atoms with Crippen LogP contribution in [0, 0.1) is 11.3 Å². The van der Waals surface area contributed by atoms with Gasteiger partial charge in [-0.25, -0.2) is 0 Å². The Morgan fingerprint density at radius 2 is 1.68 bits per heavy atom. The van der Waals surface area contributed by atoms with E-state index in [0.29, 0.717) is 18.9 Å². The molecule has 1 unspecified atom stereocenters. The number of rotatable bonds is 7. The van der Waals surface area contributed by atoms with Crippen molar-refractivity contribution in [3.05, 3.63) is 0 Å². The maximum atomic E-state index is 12.2. The third-order valence-corrected chi connectivity index (χ3v) is 2.99. The molecule has 4 nitrogen and oxygen atoms in total. The van der Waals surface area contributed by atoms with Crippen molar-refractivity contribution in [2.24, 2.45) is 11.3 Å². The normalized spacial score (nSPS) is 13.4. The summed E-state index contributed by atoms with van der Waals surface area (Å²) >= 11 is 0. The zero-order valence-corrected chi connectivity index (χ0v) is 13.2. The van der Waals surface area contributed by atoms with Gasteiger partial charge in [-0.2, -0.15) is 0 Å². The molecular weight excluding hydrogens is 242 g/mol. The highest BCUT2D eigenvalue weighted by atomic mass is 16.4. The molecule has 0 saturated heterocycles. The molecule has 0 aromatic rings. The zero-order chi connectivity index (χ0) is 15.2. The Balaban J connectivity index is 4.44. The van der Waals surface area contributed by atoms with E-state index in [-0.39, 0.29) is 23.8 Å². The number of amides is 1. The van der Waals surface area contributed by atoms with Crippen molar-refractivity contribution in [1.82, 2.24) is 4.90 Å². The highest BCUT2D eigenvalue weighted by Crippen LogP contribution is 2.26.